The molecule has 0 N–H and O–H groups in total. The van der Waals surface area contributed by atoms with Gasteiger partial charge in [0.1, 0.15) is 0 Å². The normalized spacial score (nSPS) is 15.9. The molecule has 0 unspecified atom stereocenters. The first-order valence-electron chi connectivity index (χ1n) is 4.59. The summed E-state index contributed by atoms with van der Waals surface area (Å²) in [4.78, 5) is 11.4. The summed E-state index contributed by atoms with van der Waals surface area (Å²) in [6.45, 7) is 2.04. The summed E-state index contributed by atoms with van der Waals surface area (Å²) in [5.41, 5.74) is 0.357. The topological polar surface area (TPSA) is 44.8 Å². The Hall–Kier alpha value is -1.13. The predicted octanol–water partition coefficient (Wildman–Crippen LogP) is 2.72. The van der Waals surface area contributed by atoms with Crippen molar-refractivity contribution in [2.24, 2.45) is 0 Å². The van der Waals surface area contributed by atoms with E-state index in [0.29, 0.717) is 23.7 Å². The Morgan fingerprint density at radius 2 is 2.06 bits per heavy atom. The predicted molar refractivity (Wildman–Crippen MR) is 58.1 cm³/mol. The summed E-state index contributed by atoms with van der Waals surface area (Å²) in [7, 11) is 0. The quantitative estimate of drug-likeness (QED) is 0.607. The maximum absolute atomic E-state index is 11.4. The zero-order valence-electron chi connectivity index (χ0n) is 8.33. The molecule has 1 heterocycles. The second-order valence-electron chi connectivity index (χ2n) is 3.05. The van der Waals surface area contributed by atoms with Crippen LogP contribution in [0.4, 0.5) is 0 Å². The number of halogens is 2. The molecule has 1 aromatic carbocycles. The fourth-order valence-electron chi connectivity index (χ4n) is 1.29. The van der Waals surface area contributed by atoms with Gasteiger partial charge in [-0.1, -0.05) is 0 Å². The lowest BCUT2D eigenvalue weighted by Crippen LogP contribution is -2.22. The first kappa shape index (κ1) is 11.4. The van der Waals surface area contributed by atoms with E-state index in [9.17, 15) is 4.79 Å². The van der Waals surface area contributed by atoms with Gasteiger partial charge in [-0.25, -0.2) is 4.79 Å². The third-order valence-electron chi connectivity index (χ3n) is 1.91. The van der Waals surface area contributed by atoms with Crippen LogP contribution in [-0.4, -0.2) is 17.3 Å². The number of alkyl halides is 2. The second-order valence-corrected chi connectivity index (χ2v) is 4.24. The molecule has 2 rings (SSSR count). The largest absolute Gasteiger partial charge is 0.462 e. The van der Waals surface area contributed by atoms with Gasteiger partial charge in [-0.3, -0.25) is 0 Å². The molecule has 4 nitrogen and oxygen atoms in total. The zero-order valence-corrected chi connectivity index (χ0v) is 9.84. The van der Waals surface area contributed by atoms with Crippen molar-refractivity contribution in [2.75, 3.05) is 6.61 Å². The summed E-state index contributed by atoms with van der Waals surface area (Å²) in [5, 5.41) is 0. The van der Waals surface area contributed by atoms with Gasteiger partial charge in [-0.15, -0.1) is 0 Å². The molecule has 0 amide bonds. The standard InChI is InChI=1S/C10H8Cl2O4/c1-2-14-9(13)6-3-4-7-8(5-6)16-10(11,12)15-7/h3-5H,2H2,1H3. The highest BCUT2D eigenvalue weighted by atomic mass is 35.5. The number of carbonyl (C=O) groups is 1. The van der Waals surface area contributed by atoms with E-state index in [1.54, 1.807) is 19.1 Å². The van der Waals surface area contributed by atoms with Gasteiger partial charge in [0.2, 0.25) is 0 Å². The van der Waals surface area contributed by atoms with Gasteiger partial charge in [0, 0.05) is 0 Å². The molecule has 86 valence electrons. The molecule has 0 radical (unpaired) electrons. The van der Waals surface area contributed by atoms with Crippen molar-refractivity contribution in [1.82, 2.24) is 0 Å². The monoisotopic (exact) mass is 262 g/mol. The molecule has 0 bridgehead atoms. The summed E-state index contributed by atoms with van der Waals surface area (Å²) >= 11 is 11.3. The van der Waals surface area contributed by atoms with Crippen molar-refractivity contribution in [1.29, 1.82) is 0 Å². The lowest BCUT2D eigenvalue weighted by Gasteiger charge is -2.09. The third kappa shape index (κ3) is 2.18. The van der Waals surface area contributed by atoms with Gasteiger partial charge < -0.3 is 14.2 Å². The van der Waals surface area contributed by atoms with Gasteiger partial charge in [-0.05, 0) is 48.3 Å². The lowest BCUT2D eigenvalue weighted by molar-refractivity contribution is 0.0525. The third-order valence-corrected chi connectivity index (χ3v) is 2.22. The highest BCUT2D eigenvalue weighted by molar-refractivity contribution is 6.46. The van der Waals surface area contributed by atoms with Gasteiger partial charge in [0.05, 0.1) is 12.2 Å². The van der Waals surface area contributed by atoms with Crippen LogP contribution in [0.25, 0.3) is 0 Å². The number of hydrogen-bond donors (Lipinski definition) is 0. The van der Waals surface area contributed by atoms with E-state index in [2.05, 4.69) is 0 Å². The molecular formula is C10H8Cl2O4. The van der Waals surface area contributed by atoms with Crippen LogP contribution in [-0.2, 0) is 4.74 Å². The number of esters is 1. The molecule has 0 saturated heterocycles. The maximum Gasteiger partial charge on any atom is 0.419 e. The maximum atomic E-state index is 11.4. The zero-order chi connectivity index (χ0) is 11.8. The number of rotatable bonds is 2. The van der Waals surface area contributed by atoms with Crippen LogP contribution in [0.1, 0.15) is 17.3 Å². The van der Waals surface area contributed by atoms with E-state index < -0.39 is 10.7 Å². The van der Waals surface area contributed by atoms with E-state index in [0.717, 1.165) is 0 Å². The molecule has 0 spiro atoms. The van der Waals surface area contributed by atoms with E-state index in [-0.39, 0.29) is 0 Å². The van der Waals surface area contributed by atoms with Crippen molar-refractivity contribution in [3.05, 3.63) is 23.8 Å². The van der Waals surface area contributed by atoms with Crippen LogP contribution in [0, 0.1) is 0 Å². The van der Waals surface area contributed by atoms with Crippen molar-refractivity contribution >= 4 is 29.2 Å². The summed E-state index contributed by atoms with van der Waals surface area (Å²) in [6, 6.07) is 4.57. The molecule has 16 heavy (non-hydrogen) atoms. The number of benzene rings is 1. The molecule has 0 saturated carbocycles. The Morgan fingerprint density at radius 1 is 1.38 bits per heavy atom. The molecule has 0 aliphatic carbocycles. The summed E-state index contributed by atoms with van der Waals surface area (Å²) in [5.74, 6) is 0.268. The summed E-state index contributed by atoms with van der Waals surface area (Å²) < 4.78 is 13.2. The highest BCUT2D eigenvalue weighted by Gasteiger charge is 2.38. The van der Waals surface area contributed by atoms with E-state index >= 15 is 0 Å². The van der Waals surface area contributed by atoms with Gasteiger partial charge in [0.25, 0.3) is 0 Å². The first-order valence-corrected chi connectivity index (χ1v) is 5.34. The van der Waals surface area contributed by atoms with Crippen molar-refractivity contribution in [2.45, 2.75) is 11.6 Å². The second kappa shape index (κ2) is 4.03. The Bertz CT molecular complexity index is 431. The Morgan fingerprint density at radius 3 is 2.75 bits per heavy atom. The fourth-order valence-corrected chi connectivity index (χ4v) is 1.62. The first-order chi connectivity index (χ1) is 7.52. The van der Waals surface area contributed by atoms with Gasteiger partial charge >= 0.3 is 10.7 Å². The van der Waals surface area contributed by atoms with Crippen LogP contribution in [0.5, 0.6) is 11.5 Å². The van der Waals surface area contributed by atoms with E-state index in [1.807, 2.05) is 0 Å². The number of ether oxygens (including phenoxy) is 3. The highest BCUT2D eigenvalue weighted by Crippen LogP contribution is 2.43. The van der Waals surface area contributed by atoms with Crippen LogP contribution in [0.3, 0.4) is 0 Å². The average Bonchev–Trinajstić information content (AvgIpc) is 2.50. The molecule has 1 aliphatic heterocycles. The Kier molecular flexibility index (Phi) is 2.86. The molecule has 6 heteroatoms. The van der Waals surface area contributed by atoms with Crippen molar-refractivity contribution in [3.8, 4) is 11.5 Å². The van der Waals surface area contributed by atoms with E-state index in [1.165, 1.54) is 6.07 Å². The molecular weight excluding hydrogens is 255 g/mol. The molecule has 0 fully saturated rings. The minimum atomic E-state index is -1.73. The van der Waals surface area contributed by atoms with Gasteiger partial charge in [0.15, 0.2) is 11.5 Å². The minimum Gasteiger partial charge on any atom is -0.462 e. The minimum absolute atomic E-state index is 0.308. The summed E-state index contributed by atoms with van der Waals surface area (Å²) in [6.07, 6.45) is 0. The average molecular weight is 263 g/mol. The molecule has 0 aromatic heterocycles. The lowest BCUT2D eigenvalue weighted by atomic mass is 10.2. The van der Waals surface area contributed by atoms with Gasteiger partial charge in [-0.2, -0.15) is 0 Å². The van der Waals surface area contributed by atoms with Crippen molar-refractivity contribution < 1.29 is 19.0 Å². The molecule has 0 atom stereocenters. The molecule has 1 aromatic rings. The van der Waals surface area contributed by atoms with Crippen LogP contribution >= 0.6 is 23.2 Å². The Labute approximate surface area is 102 Å². The van der Waals surface area contributed by atoms with Crippen LogP contribution < -0.4 is 9.47 Å². The molecule has 1 aliphatic rings. The van der Waals surface area contributed by atoms with Crippen molar-refractivity contribution in [3.63, 3.8) is 0 Å². The smallest absolute Gasteiger partial charge is 0.419 e. The number of carbonyl (C=O) groups excluding carboxylic acids is 1. The Balaban J connectivity index is 2.26. The number of fused-ring (bicyclic) bond motifs is 1. The fraction of sp³-hybridized carbons (Fsp3) is 0.300. The van der Waals surface area contributed by atoms with Crippen LogP contribution in [0.15, 0.2) is 18.2 Å². The SMILES string of the molecule is CCOC(=O)c1ccc2c(c1)OC(Cl)(Cl)O2. The van der Waals surface area contributed by atoms with E-state index in [4.69, 9.17) is 37.4 Å². The van der Waals surface area contributed by atoms with Crippen LogP contribution in [0.2, 0.25) is 0 Å². The number of hydrogen-bond acceptors (Lipinski definition) is 4.